The van der Waals surface area contributed by atoms with E-state index in [9.17, 15) is 14.4 Å². The zero-order chi connectivity index (χ0) is 45.8. The Morgan fingerprint density at radius 2 is 0.571 bits per heavy atom. The van der Waals surface area contributed by atoms with E-state index in [4.69, 9.17) is 14.2 Å². The number of ether oxygens (including phenoxy) is 3. The van der Waals surface area contributed by atoms with Crippen molar-refractivity contribution < 1.29 is 28.6 Å². The van der Waals surface area contributed by atoms with Crippen molar-refractivity contribution in [1.82, 2.24) is 0 Å². The second-order valence-electron chi connectivity index (χ2n) is 17.1. The molecule has 0 bridgehead atoms. The molecule has 0 N–H and O–H groups in total. The molecular formula is C57H96O6. The lowest BCUT2D eigenvalue weighted by molar-refractivity contribution is -0.167. The lowest BCUT2D eigenvalue weighted by atomic mass is 10.1. The Hall–Kier alpha value is -3.41. The fourth-order valence-electron chi connectivity index (χ4n) is 6.86. The third-order valence-electron chi connectivity index (χ3n) is 10.8. The Morgan fingerprint density at radius 3 is 0.968 bits per heavy atom. The lowest BCUT2D eigenvalue weighted by Crippen LogP contribution is -2.30. The molecule has 0 aliphatic carbocycles. The van der Waals surface area contributed by atoms with Gasteiger partial charge in [0.2, 0.25) is 0 Å². The first-order valence-corrected chi connectivity index (χ1v) is 26.1. The van der Waals surface area contributed by atoms with Crippen LogP contribution in [0.5, 0.6) is 0 Å². The molecule has 0 unspecified atom stereocenters. The van der Waals surface area contributed by atoms with E-state index in [0.717, 1.165) is 109 Å². The molecule has 0 radical (unpaired) electrons. The van der Waals surface area contributed by atoms with Crippen molar-refractivity contribution in [3.8, 4) is 0 Å². The molecule has 0 aliphatic rings. The maximum Gasteiger partial charge on any atom is 0.306 e. The summed E-state index contributed by atoms with van der Waals surface area (Å²) in [6.45, 7) is 6.50. The number of esters is 3. The van der Waals surface area contributed by atoms with Gasteiger partial charge in [-0.1, -0.05) is 183 Å². The van der Waals surface area contributed by atoms with Crippen molar-refractivity contribution in [3.05, 3.63) is 85.1 Å². The van der Waals surface area contributed by atoms with E-state index in [1.54, 1.807) is 0 Å². The van der Waals surface area contributed by atoms with Crippen LogP contribution in [0.1, 0.15) is 239 Å². The highest BCUT2D eigenvalue weighted by Crippen LogP contribution is 2.13. The van der Waals surface area contributed by atoms with E-state index in [1.165, 1.54) is 89.9 Å². The standard InChI is InChI=1S/C57H96O6/c1-4-7-10-13-16-19-22-25-27-28-30-33-35-38-41-44-47-50-56(59)62-53-54(63-57(60)51-48-45-42-39-36-31-24-21-18-15-12-9-6-3)52-61-55(58)49-46-43-40-37-34-32-29-26-23-20-17-14-11-8-5-2/h16-17,19-21,24-27,29-30,33-34,37,54H,4-15,18,22-23,28,31-32,35-36,38-53H2,1-3H3/b19-16-,20-17-,24-21-,27-25-,29-26-,33-30-,37-34-/t54-/m0/s1. The number of carbonyl (C=O) groups is 3. The SMILES string of the molecule is CCCCC/C=C\C/C=C\C/C=C\CCCCCCC(=O)OC[C@H](COC(=O)CCCC/C=C\C/C=C\C/C=C\CCCCC)OC(=O)CCCCCCC/C=C\CCCCCC. The summed E-state index contributed by atoms with van der Waals surface area (Å²) in [7, 11) is 0. The van der Waals surface area contributed by atoms with Gasteiger partial charge in [0.1, 0.15) is 13.2 Å². The summed E-state index contributed by atoms with van der Waals surface area (Å²) in [6.07, 6.45) is 65.6. The molecule has 0 aliphatic heterocycles. The van der Waals surface area contributed by atoms with Crippen LogP contribution in [-0.2, 0) is 28.6 Å². The van der Waals surface area contributed by atoms with Crippen LogP contribution < -0.4 is 0 Å². The number of carbonyl (C=O) groups excluding carboxylic acids is 3. The van der Waals surface area contributed by atoms with Gasteiger partial charge in [0.05, 0.1) is 0 Å². The number of rotatable bonds is 46. The molecule has 1 atom stereocenters. The van der Waals surface area contributed by atoms with Crippen LogP contribution in [0, 0.1) is 0 Å². The molecule has 0 saturated carbocycles. The molecule has 0 spiro atoms. The molecular weight excluding hydrogens is 781 g/mol. The Morgan fingerprint density at radius 1 is 0.317 bits per heavy atom. The van der Waals surface area contributed by atoms with Crippen molar-refractivity contribution >= 4 is 17.9 Å². The van der Waals surface area contributed by atoms with Crippen LogP contribution in [0.2, 0.25) is 0 Å². The third kappa shape index (κ3) is 49.5. The molecule has 0 aromatic carbocycles. The summed E-state index contributed by atoms with van der Waals surface area (Å²) in [5.41, 5.74) is 0. The minimum Gasteiger partial charge on any atom is -0.462 e. The third-order valence-corrected chi connectivity index (χ3v) is 10.8. The summed E-state index contributed by atoms with van der Waals surface area (Å²) in [6, 6.07) is 0. The van der Waals surface area contributed by atoms with Gasteiger partial charge in [0, 0.05) is 19.3 Å². The van der Waals surface area contributed by atoms with Crippen LogP contribution in [0.15, 0.2) is 85.1 Å². The molecule has 0 aromatic rings. The van der Waals surface area contributed by atoms with Gasteiger partial charge in [-0.15, -0.1) is 0 Å². The summed E-state index contributed by atoms with van der Waals surface area (Å²) in [5, 5.41) is 0. The minimum atomic E-state index is -0.805. The molecule has 6 nitrogen and oxygen atoms in total. The molecule has 360 valence electrons. The van der Waals surface area contributed by atoms with Crippen LogP contribution in [0.25, 0.3) is 0 Å². The Labute approximate surface area is 388 Å². The molecule has 0 saturated heterocycles. The highest BCUT2D eigenvalue weighted by atomic mass is 16.6. The fraction of sp³-hybridized carbons (Fsp3) is 0.702. The second kappa shape index (κ2) is 51.2. The molecule has 0 amide bonds. The first-order valence-electron chi connectivity index (χ1n) is 26.1. The van der Waals surface area contributed by atoms with Gasteiger partial charge >= 0.3 is 17.9 Å². The normalized spacial score (nSPS) is 12.7. The van der Waals surface area contributed by atoms with Crippen molar-refractivity contribution in [3.63, 3.8) is 0 Å². The molecule has 63 heavy (non-hydrogen) atoms. The van der Waals surface area contributed by atoms with Crippen LogP contribution in [0.4, 0.5) is 0 Å². The van der Waals surface area contributed by atoms with Crippen LogP contribution in [-0.4, -0.2) is 37.2 Å². The molecule has 0 rings (SSSR count). The monoisotopic (exact) mass is 877 g/mol. The second-order valence-corrected chi connectivity index (χ2v) is 17.1. The number of hydrogen-bond donors (Lipinski definition) is 0. The van der Waals surface area contributed by atoms with Gasteiger partial charge in [0.25, 0.3) is 0 Å². The topological polar surface area (TPSA) is 78.9 Å². The zero-order valence-corrected chi connectivity index (χ0v) is 41.1. The van der Waals surface area contributed by atoms with E-state index in [-0.39, 0.29) is 31.1 Å². The Kier molecular flexibility index (Phi) is 48.5. The van der Waals surface area contributed by atoms with Gasteiger partial charge in [-0.2, -0.15) is 0 Å². The van der Waals surface area contributed by atoms with Crippen molar-refractivity contribution in [1.29, 1.82) is 0 Å². The maximum absolute atomic E-state index is 12.8. The molecule has 0 heterocycles. The quantitative estimate of drug-likeness (QED) is 0.0262. The van der Waals surface area contributed by atoms with Gasteiger partial charge in [-0.05, 0) is 122 Å². The fourth-order valence-corrected chi connectivity index (χ4v) is 6.86. The van der Waals surface area contributed by atoms with E-state index in [0.29, 0.717) is 19.3 Å². The van der Waals surface area contributed by atoms with Crippen molar-refractivity contribution in [2.45, 2.75) is 245 Å². The van der Waals surface area contributed by atoms with Crippen LogP contribution >= 0.6 is 0 Å². The van der Waals surface area contributed by atoms with E-state index in [2.05, 4.69) is 106 Å². The smallest absolute Gasteiger partial charge is 0.306 e. The number of unbranched alkanes of at least 4 members (excludes halogenated alkanes) is 21. The predicted octanol–water partition coefficient (Wildman–Crippen LogP) is 17.2. The Bertz CT molecular complexity index is 1240. The zero-order valence-electron chi connectivity index (χ0n) is 41.1. The highest BCUT2D eigenvalue weighted by molar-refractivity contribution is 5.71. The lowest BCUT2D eigenvalue weighted by Gasteiger charge is -2.18. The molecule has 0 aromatic heterocycles. The summed E-state index contributed by atoms with van der Waals surface area (Å²) >= 11 is 0. The van der Waals surface area contributed by atoms with Gasteiger partial charge in [-0.3, -0.25) is 14.4 Å². The van der Waals surface area contributed by atoms with Crippen LogP contribution in [0.3, 0.4) is 0 Å². The number of allylic oxidation sites excluding steroid dienone is 14. The first kappa shape index (κ1) is 59.6. The summed E-state index contributed by atoms with van der Waals surface area (Å²) in [5.74, 6) is -0.973. The van der Waals surface area contributed by atoms with E-state index >= 15 is 0 Å². The van der Waals surface area contributed by atoms with Gasteiger partial charge in [-0.25, -0.2) is 0 Å². The Balaban J connectivity index is 4.49. The molecule has 0 fully saturated rings. The van der Waals surface area contributed by atoms with E-state index < -0.39 is 6.10 Å². The minimum absolute atomic E-state index is 0.104. The number of hydrogen-bond acceptors (Lipinski definition) is 6. The summed E-state index contributed by atoms with van der Waals surface area (Å²) < 4.78 is 16.7. The predicted molar refractivity (Wildman–Crippen MR) is 270 cm³/mol. The van der Waals surface area contributed by atoms with Gasteiger partial charge < -0.3 is 14.2 Å². The van der Waals surface area contributed by atoms with Gasteiger partial charge in [0.15, 0.2) is 6.10 Å². The molecule has 6 heteroatoms. The average molecular weight is 877 g/mol. The largest absolute Gasteiger partial charge is 0.462 e. The van der Waals surface area contributed by atoms with E-state index in [1.807, 2.05) is 0 Å². The van der Waals surface area contributed by atoms with Crippen molar-refractivity contribution in [2.24, 2.45) is 0 Å². The highest BCUT2D eigenvalue weighted by Gasteiger charge is 2.19. The average Bonchev–Trinajstić information content (AvgIpc) is 3.28. The van der Waals surface area contributed by atoms with Crippen molar-refractivity contribution in [2.75, 3.05) is 13.2 Å². The summed E-state index contributed by atoms with van der Waals surface area (Å²) in [4.78, 5) is 38.0. The first-order chi connectivity index (χ1) is 31.0. The maximum atomic E-state index is 12.8.